The van der Waals surface area contributed by atoms with Crippen molar-refractivity contribution in [2.75, 3.05) is 0 Å². The van der Waals surface area contributed by atoms with Crippen LogP contribution in [0.25, 0.3) is 4.96 Å². The summed E-state index contributed by atoms with van der Waals surface area (Å²) >= 11 is 1.58. The van der Waals surface area contributed by atoms with Gasteiger partial charge < -0.3 is 5.73 Å². The monoisotopic (exact) mass is 194 g/mol. The van der Waals surface area contributed by atoms with Crippen LogP contribution in [-0.4, -0.2) is 15.2 Å². The highest BCUT2D eigenvalue weighted by molar-refractivity contribution is 7.15. The van der Waals surface area contributed by atoms with Gasteiger partial charge in [0.05, 0.1) is 11.5 Å². The summed E-state index contributed by atoms with van der Waals surface area (Å²) in [6.45, 7) is 1.96. The molecule has 0 aliphatic rings. The number of amidine groups is 1. The van der Waals surface area contributed by atoms with E-state index in [9.17, 15) is 0 Å². The minimum atomic E-state index is 0.186. The second-order valence-corrected chi connectivity index (χ2v) is 3.80. The Morgan fingerprint density at radius 3 is 3.23 bits per heavy atom. The van der Waals surface area contributed by atoms with Crippen LogP contribution < -0.4 is 5.73 Å². The summed E-state index contributed by atoms with van der Waals surface area (Å²) < 4.78 is 1.99. The van der Waals surface area contributed by atoms with E-state index in [2.05, 4.69) is 4.98 Å². The van der Waals surface area contributed by atoms with Crippen LogP contribution in [0.5, 0.6) is 0 Å². The molecule has 13 heavy (non-hydrogen) atoms. The van der Waals surface area contributed by atoms with Crippen molar-refractivity contribution in [1.82, 2.24) is 9.38 Å². The van der Waals surface area contributed by atoms with Gasteiger partial charge in [-0.1, -0.05) is 0 Å². The summed E-state index contributed by atoms with van der Waals surface area (Å²) in [7, 11) is 0. The normalized spacial score (nSPS) is 10.8. The lowest BCUT2D eigenvalue weighted by Crippen LogP contribution is -2.13. The highest BCUT2D eigenvalue weighted by Crippen LogP contribution is 2.16. The lowest BCUT2D eigenvalue weighted by molar-refractivity contribution is 1.07. The average Bonchev–Trinajstić information content (AvgIpc) is 2.51. The van der Waals surface area contributed by atoms with Gasteiger partial charge in [-0.15, -0.1) is 11.3 Å². The average molecular weight is 194 g/mol. The van der Waals surface area contributed by atoms with Crippen LogP contribution in [0, 0.1) is 12.3 Å². The molecule has 0 fully saturated rings. The number of imidazole rings is 1. The third kappa shape index (κ3) is 1.42. The van der Waals surface area contributed by atoms with E-state index in [1.54, 1.807) is 11.3 Å². The van der Waals surface area contributed by atoms with E-state index in [1.165, 1.54) is 0 Å². The molecule has 0 saturated heterocycles. The predicted molar refractivity (Wildman–Crippen MR) is 53.4 cm³/mol. The maximum Gasteiger partial charge on any atom is 0.194 e. The summed E-state index contributed by atoms with van der Waals surface area (Å²) in [5.41, 5.74) is 7.37. The summed E-state index contributed by atoms with van der Waals surface area (Å²) in [4.78, 5) is 5.28. The zero-order chi connectivity index (χ0) is 9.42. The van der Waals surface area contributed by atoms with E-state index < -0.39 is 0 Å². The summed E-state index contributed by atoms with van der Waals surface area (Å²) in [5, 5.41) is 9.19. The number of rotatable bonds is 2. The molecule has 0 atom stereocenters. The quantitative estimate of drug-likeness (QED) is 0.557. The molecule has 2 aromatic rings. The molecule has 0 saturated carbocycles. The van der Waals surface area contributed by atoms with Crippen molar-refractivity contribution in [2.45, 2.75) is 13.3 Å². The maximum atomic E-state index is 7.20. The van der Waals surface area contributed by atoms with Crippen LogP contribution >= 0.6 is 11.3 Å². The van der Waals surface area contributed by atoms with E-state index in [1.807, 2.05) is 22.9 Å². The van der Waals surface area contributed by atoms with Gasteiger partial charge in [0.2, 0.25) is 0 Å². The third-order valence-corrected chi connectivity index (χ3v) is 2.66. The summed E-state index contributed by atoms with van der Waals surface area (Å²) in [5.74, 6) is 0.186. The summed E-state index contributed by atoms with van der Waals surface area (Å²) in [6, 6.07) is 0. The SMILES string of the molecule is Cc1cn2c(CC(=N)N)csc2n1. The smallest absolute Gasteiger partial charge is 0.194 e. The van der Waals surface area contributed by atoms with Crippen LogP contribution in [0.4, 0.5) is 0 Å². The van der Waals surface area contributed by atoms with Crippen molar-refractivity contribution in [3.05, 3.63) is 23.0 Å². The van der Waals surface area contributed by atoms with Crippen molar-refractivity contribution in [3.8, 4) is 0 Å². The largest absolute Gasteiger partial charge is 0.387 e. The van der Waals surface area contributed by atoms with Gasteiger partial charge >= 0.3 is 0 Å². The van der Waals surface area contributed by atoms with Gasteiger partial charge in [-0.25, -0.2) is 4.98 Å². The minimum Gasteiger partial charge on any atom is -0.387 e. The molecule has 0 amide bonds. The molecule has 2 heterocycles. The second kappa shape index (κ2) is 2.85. The molecule has 2 rings (SSSR count). The Balaban J connectivity index is 2.50. The number of hydrogen-bond donors (Lipinski definition) is 2. The van der Waals surface area contributed by atoms with Crippen LogP contribution in [0.15, 0.2) is 11.6 Å². The van der Waals surface area contributed by atoms with Crippen LogP contribution in [0.3, 0.4) is 0 Å². The van der Waals surface area contributed by atoms with Gasteiger partial charge in [-0.2, -0.15) is 0 Å². The van der Waals surface area contributed by atoms with Gasteiger partial charge in [0.25, 0.3) is 0 Å². The molecule has 0 bridgehead atoms. The number of nitrogens with zero attached hydrogens (tertiary/aromatic N) is 2. The predicted octanol–water partition coefficient (Wildman–Crippen LogP) is 1.18. The maximum absolute atomic E-state index is 7.20. The molecule has 68 valence electrons. The minimum absolute atomic E-state index is 0.186. The topological polar surface area (TPSA) is 67.2 Å². The molecule has 3 N–H and O–H groups in total. The Morgan fingerprint density at radius 2 is 2.54 bits per heavy atom. The van der Waals surface area contributed by atoms with Crippen molar-refractivity contribution in [3.63, 3.8) is 0 Å². The molecule has 5 heteroatoms. The molecule has 0 aliphatic carbocycles. The van der Waals surface area contributed by atoms with E-state index in [4.69, 9.17) is 11.1 Å². The first-order valence-corrected chi connectivity index (χ1v) is 4.80. The highest BCUT2D eigenvalue weighted by Gasteiger charge is 2.06. The van der Waals surface area contributed by atoms with Crippen molar-refractivity contribution in [2.24, 2.45) is 5.73 Å². The fourth-order valence-electron chi connectivity index (χ4n) is 1.26. The molecule has 0 spiro atoms. The summed E-state index contributed by atoms with van der Waals surface area (Å²) in [6.07, 6.45) is 2.46. The lowest BCUT2D eigenvalue weighted by Gasteiger charge is -1.95. The lowest BCUT2D eigenvalue weighted by atomic mass is 10.3. The number of nitrogens with two attached hydrogens (primary N) is 1. The van der Waals surface area contributed by atoms with Gasteiger partial charge in [0.1, 0.15) is 0 Å². The first-order chi connectivity index (χ1) is 6.16. The Morgan fingerprint density at radius 1 is 1.77 bits per heavy atom. The van der Waals surface area contributed by atoms with Crippen molar-refractivity contribution in [1.29, 1.82) is 5.41 Å². The number of nitrogens with one attached hydrogen (secondary N) is 1. The number of fused-ring (bicyclic) bond motifs is 1. The third-order valence-electron chi connectivity index (χ3n) is 1.78. The van der Waals surface area contributed by atoms with Gasteiger partial charge in [0.15, 0.2) is 4.96 Å². The van der Waals surface area contributed by atoms with E-state index in [0.717, 1.165) is 16.3 Å². The van der Waals surface area contributed by atoms with Crippen LogP contribution in [0.1, 0.15) is 11.4 Å². The standard InChI is InChI=1S/C8H10N4S/c1-5-3-12-6(2-7(9)10)4-13-8(12)11-5/h3-4H,2H2,1H3,(H3,9,10). The number of aromatic nitrogens is 2. The molecular weight excluding hydrogens is 184 g/mol. The van der Waals surface area contributed by atoms with Gasteiger partial charge in [-0.3, -0.25) is 9.81 Å². The second-order valence-electron chi connectivity index (χ2n) is 2.96. The number of hydrogen-bond acceptors (Lipinski definition) is 3. The number of aryl methyl sites for hydroxylation is 1. The fraction of sp³-hybridized carbons (Fsp3) is 0.250. The molecule has 0 radical (unpaired) electrons. The number of thiazole rings is 1. The van der Waals surface area contributed by atoms with Crippen LogP contribution in [-0.2, 0) is 6.42 Å². The van der Waals surface area contributed by atoms with Crippen molar-refractivity contribution < 1.29 is 0 Å². The molecule has 0 aliphatic heterocycles. The van der Waals surface area contributed by atoms with E-state index >= 15 is 0 Å². The Labute approximate surface area is 79.5 Å². The Kier molecular flexibility index (Phi) is 1.81. The van der Waals surface area contributed by atoms with E-state index in [0.29, 0.717) is 6.42 Å². The van der Waals surface area contributed by atoms with Crippen molar-refractivity contribution >= 4 is 22.1 Å². The molecule has 0 aromatic carbocycles. The van der Waals surface area contributed by atoms with Gasteiger partial charge in [0, 0.05) is 23.7 Å². The Bertz CT molecular complexity index is 454. The molecular formula is C8H10N4S. The Hall–Kier alpha value is -1.36. The molecule has 2 aromatic heterocycles. The highest BCUT2D eigenvalue weighted by atomic mass is 32.1. The fourth-order valence-corrected chi connectivity index (χ4v) is 2.18. The van der Waals surface area contributed by atoms with Crippen LogP contribution in [0.2, 0.25) is 0 Å². The van der Waals surface area contributed by atoms with Gasteiger partial charge in [-0.05, 0) is 6.92 Å². The zero-order valence-electron chi connectivity index (χ0n) is 7.24. The first-order valence-electron chi connectivity index (χ1n) is 3.92. The van der Waals surface area contributed by atoms with E-state index in [-0.39, 0.29) is 5.84 Å². The first kappa shape index (κ1) is 8.25. The zero-order valence-corrected chi connectivity index (χ0v) is 8.06. The molecule has 0 unspecified atom stereocenters. The molecule has 4 nitrogen and oxygen atoms in total.